The van der Waals surface area contributed by atoms with Crippen molar-refractivity contribution in [3.63, 3.8) is 0 Å². The van der Waals surface area contributed by atoms with Gasteiger partial charge >= 0.3 is 6.03 Å². The summed E-state index contributed by atoms with van der Waals surface area (Å²) < 4.78 is 13.6. The van der Waals surface area contributed by atoms with Crippen molar-refractivity contribution in [3.05, 3.63) is 66.2 Å². The molecule has 0 saturated carbocycles. The first-order chi connectivity index (χ1) is 14.6. The second kappa shape index (κ2) is 11.0. The number of benzene rings is 2. The number of nitrogens with zero attached hydrogens (tertiary/aromatic N) is 2. The molecule has 1 heterocycles. The summed E-state index contributed by atoms with van der Waals surface area (Å²) in [5, 5.41) is 14.7. The topological polar surface area (TPSA) is 87.1 Å². The van der Waals surface area contributed by atoms with E-state index in [2.05, 4.69) is 20.6 Å². The predicted molar refractivity (Wildman–Crippen MR) is 119 cm³/mol. The Balaban J connectivity index is 1.67. The van der Waals surface area contributed by atoms with E-state index in [0.29, 0.717) is 11.4 Å². The Bertz CT molecular complexity index is 1000. The Labute approximate surface area is 182 Å². The maximum atomic E-state index is 13.6. The van der Waals surface area contributed by atoms with Crippen LogP contribution in [0.25, 0.3) is 11.3 Å². The molecule has 0 atom stereocenters. The van der Waals surface area contributed by atoms with Crippen LogP contribution in [-0.4, -0.2) is 40.5 Å². The van der Waals surface area contributed by atoms with Crippen LogP contribution < -0.4 is 10.6 Å². The van der Waals surface area contributed by atoms with Gasteiger partial charge in [-0.1, -0.05) is 12.1 Å². The molecule has 0 spiro atoms. The van der Waals surface area contributed by atoms with Crippen LogP contribution in [0.5, 0.6) is 0 Å². The number of carbonyl (C=O) groups excluding carboxylic acids is 1. The molecule has 9 heteroatoms. The van der Waals surface area contributed by atoms with Gasteiger partial charge in [-0.15, -0.1) is 23.5 Å². The first-order valence-corrected chi connectivity index (χ1v) is 11.3. The fraction of sp³-hybridized carbons (Fsp3) is 0.190. The minimum Gasteiger partial charge on any atom is -0.395 e. The van der Waals surface area contributed by atoms with Gasteiger partial charge < -0.3 is 15.7 Å². The third-order valence-corrected chi connectivity index (χ3v) is 5.91. The van der Waals surface area contributed by atoms with Crippen LogP contribution >= 0.6 is 23.5 Å². The standard InChI is InChI=1S/C21H21FN4O2S2/c1-29-19-7-4-16(22)10-15(19)12-30-20-11-18(24-13-25-20)14-2-5-17(6-3-14)26-21(28)23-8-9-27/h2-7,10-11,13,27H,8-9,12H2,1H3,(H2,23,26,28). The molecule has 3 N–H and O–H groups in total. The molecule has 3 aromatic rings. The Morgan fingerprint density at radius 1 is 1.13 bits per heavy atom. The van der Waals surface area contributed by atoms with E-state index >= 15 is 0 Å². The molecule has 156 valence electrons. The van der Waals surface area contributed by atoms with Gasteiger partial charge in [0, 0.05) is 28.4 Å². The number of carbonyl (C=O) groups is 1. The normalized spacial score (nSPS) is 10.6. The summed E-state index contributed by atoms with van der Waals surface area (Å²) in [6, 6.07) is 13.6. The lowest BCUT2D eigenvalue weighted by atomic mass is 10.1. The van der Waals surface area contributed by atoms with E-state index in [1.165, 1.54) is 24.2 Å². The molecule has 0 aliphatic carbocycles. The minimum atomic E-state index is -0.375. The highest BCUT2D eigenvalue weighted by Crippen LogP contribution is 2.29. The quantitative estimate of drug-likeness (QED) is 0.352. The number of amides is 2. The smallest absolute Gasteiger partial charge is 0.319 e. The van der Waals surface area contributed by atoms with Crippen molar-refractivity contribution >= 4 is 35.2 Å². The van der Waals surface area contributed by atoms with E-state index in [9.17, 15) is 9.18 Å². The van der Waals surface area contributed by atoms with Gasteiger partial charge in [0.25, 0.3) is 0 Å². The number of hydrogen-bond acceptors (Lipinski definition) is 6. The van der Waals surface area contributed by atoms with Crippen molar-refractivity contribution in [2.45, 2.75) is 15.7 Å². The van der Waals surface area contributed by atoms with Crippen LogP contribution in [0.2, 0.25) is 0 Å². The molecule has 1 aromatic heterocycles. The number of nitrogens with one attached hydrogen (secondary N) is 2. The van der Waals surface area contributed by atoms with Crippen molar-refractivity contribution in [1.82, 2.24) is 15.3 Å². The lowest BCUT2D eigenvalue weighted by Gasteiger charge is -2.09. The summed E-state index contributed by atoms with van der Waals surface area (Å²) in [6.07, 6.45) is 3.48. The zero-order chi connectivity index (χ0) is 21.3. The van der Waals surface area contributed by atoms with E-state index in [4.69, 9.17) is 5.11 Å². The van der Waals surface area contributed by atoms with Gasteiger partial charge in [-0.3, -0.25) is 0 Å². The number of aromatic nitrogens is 2. The lowest BCUT2D eigenvalue weighted by molar-refractivity contribution is 0.245. The van der Waals surface area contributed by atoms with Crippen LogP contribution in [0.3, 0.4) is 0 Å². The van der Waals surface area contributed by atoms with Crippen molar-refractivity contribution in [3.8, 4) is 11.3 Å². The van der Waals surface area contributed by atoms with Crippen LogP contribution in [0.15, 0.2) is 64.8 Å². The van der Waals surface area contributed by atoms with E-state index < -0.39 is 0 Å². The molecule has 0 bridgehead atoms. The molecule has 30 heavy (non-hydrogen) atoms. The van der Waals surface area contributed by atoms with E-state index in [0.717, 1.165) is 26.7 Å². The Morgan fingerprint density at radius 3 is 2.67 bits per heavy atom. The third-order valence-electron chi connectivity index (χ3n) is 4.10. The monoisotopic (exact) mass is 444 g/mol. The van der Waals surface area contributed by atoms with Gasteiger partial charge in [-0.2, -0.15) is 0 Å². The highest BCUT2D eigenvalue weighted by atomic mass is 32.2. The fourth-order valence-electron chi connectivity index (χ4n) is 2.66. The van der Waals surface area contributed by atoms with Gasteiger partial charge in [-0.05, 0) is 48.2 Å². The predicted octanol–water partition coefficient (Wildman–Crippen LogP) is 4.41. The molecule has 2 aromatic carbocycles. The van der Waals surface area contributed by atoms with E-state index in [-0.39, 0.29) is 25.0 Å². The van der Waals surface area contributed by atoms with Gasteiger partial charge in [0.1, 0.15) is 17.2 Å². The highest BCUT2D eigenvalue weighted by Gasteiger charge is 2.08. The number of urea groups is 1. The van der Waals surface area contributed by atoms with Gasteiger partial charge in [-0.25, -0.2) is 19.2 Å². The molecule has 3 rings (SSSR count). The molecule has 2 amide bonds. The summed E-state index contributed by atoms with van der Waals surface area (Å²) in [4.78, 5) is 21.3. The van der Waals surface area contributed by atoms with Gasteiger partial charge in [0.2, 0.25) is 0 Å². The Hall–Kier alpha value is -2.62. The molecule has 0 saturated heterocycles. The number of halogens is 1. The van der Waals surface area contributed by atoms with Crippen molar-refractivity contribution in [2.24, 2.45) is 0 Å². The molecule has 6 nitrogen and oxygen atoms in total. The number of thioether (sulfide) groups is 2. The second-order valence-electron chi connectivity index (χ2n) is 6.17. The summed E-state index contributed by atoms with van der Waals surface area (Å²) in [7, 11) is 0. The van der Waals surface area contributed by atoms with Crippen LogP contribution in [0, 0.1) is 5.82 Å². The zero-order valence-corrected chi connectivity index (χ0v) is 17.9. The number of hydrogen-bond donors (Lipinski definition) is 3. The number of anilines is 1. The van der Waals surface area contributed by atoms with Crippen LogP contribution in [0.4, 0.5) is 14.9 Å². The molecule has 0 aliphatic heterocycles. The number of rotatable bonds is 8. The van der Waals surface area contributed by atoms with Gasteiger partial charge in [0.15, 0.2) is 0 Å². The molecule has 0 unspecified atom stereocenters. The van der Waals surface area contributed by atoms with Gasteiger partial charge in [0.05, 0.1) is 12.3 Å². The van der Waals surface area contributed by atoms with Crippen LogP contribution in [-0.2, 0) is 5.75 Å². The van der Waals surface area contributed by atoms with Crippen LogP contribution in [0.1, 0.15) is 5.56 Å². The first-order valence-electron chi connectivity index (χ1n) is 9.12. The van der Waals surface area contributed by atoms with E-state index in [1.54, 1.807) is 36.0 Å². The minimum absolute atomic E-state index is 0.113. The molecule has 0 fully saturated rings. The Kier molecular flexibility index (Phi) is 8.06. The molecule has 0 radical (unpaired) electrons. The van der Waals surface area contributed by atoms with Crippen molar-refractivity contribution < 1.29 is 14.3 Å². The largest absolute Gasteiger partial charge is 0.395 e. The second-order valence-corrected chi connectivity index (χ2v) is 8.01. The lowest BCUT2D eigenvalue weighted by Crippen LogP contribution is -2.30. The summed E-state index contributed by atoms with van der Waals surface area (Å²) in [5.74, 6) is 0.362. The summed E-state index contributed by atoms with van der Waals surface area (Å²) in [6.45, 7) is 0.0809. The average molecular weight is 445 g/mol. The zero-order valence-electron chi connectivity index (χ0n) is 16.3. The maximum Gasteiger partial charge on any atom is 0.319 e. The van der Waals surface area contributed by atoms with E-state index in [1.807, 2.05) is 24.5 Å². The molecular formula is C21H21FN4O2S2. The van der Waals surface area contributed by atoms with Crippen molar-refractivity contribution in [2.75, 3.05) is 24.7 Å². The number of aliphatic hydroxyl groups excluding tert-OH is 1. The Morgan fingerprint density at radius 2 is 1.93 bits per heavy atom. The molecule has 0 aliphatic rings. The third kappa shape index (κ3) is 6.19. The molecular weight excluding hydrogens is 423 g/mol. The fourth-order valence-corrected chi connectivity index (χ4v) is 4.20. The maximum absolute atomic E-state index is 13.6. The first kappa shape index (κ1) is 22.1. The average Bonchev–Trinajstić information content (AvgIpc) is 2.77. The SMILES string of the molecule is CSc1ccc(F)cc1CSc1cc(-c2ccc(NC(=O)NCCO)cc2)ncn1. The summed E-state index contributed by atoms with van der Waals surface area (Å²) >= 11 is 3.11. The number of aliphatic hydroxyl groups is 1. The highest BCUT2D eigenvalue weighted by molar-refractivity contribution is 7.99. The summed E-state index contributed by atoms with van der Waals surface area (Å²) in [5.41, 5.74) is 3.21. The van der Waals surface area contributed by atoms with Crippen molar-refractivity contribution in [1.29, 1.82) is 0 Å².